The predicted molar refractivity (Wildman–Crippen MR) is 42.1 cm³/mol. The van der Waals surface area contributed by atoms with Crippen LogP contribution in [0.3, 0.4) is 0 Å². The zero-order valence-electron chi connectivity index (χ0n) is 7.35. The number of nitrogens with two attached hydrogens (primary N) is 1. The lowest BCUT2D eigenvalue weighted by Crippen LogP contribution is -2.14. The number of hydrogen-bond acceptors (Lipinski definition) is 2. The highest BCUT2D eigenvalue weighted by Crippen LogP contribution is 2.32. The summed E-state index contributed by atoms with van der Waals surface area (Å²) in [7, 11) is 0. The highest BCUT2D eigenvalue weighted by molar-refractivity contribution is 5.26. The first kappa shape index (κ1) is 11.8. The lowest BCUT2D eigenvalue weighted by Gasteiger charge is -2.11. The molecule has 0 bridgehead atoms. The van der Waals surface area contributed by atoms with Crippen molar-refractivity contribution in [1.29, 1.82) is 0 Å². The van der Waals surface area contributed by atoms with Crippen molar-refractivity contribution in [3.05, 3.63) is 29.1 Å². The van der Waals surface area contributed by atoms with E-state index in [1.165, 1.54) is 0 Å². The van der Waals surface area contributed by atoms with Crippen LogP contribution in [-0.2, 0) is 12.7 Å². The molecule has 0 aliphatic heterocycles. The molecule has 1 rings (SSSR count). The highest BCUT2D eigenvalue weighted by Gasteiger charge is 2.34. The Labute approximate surface area is 81.9 Å². The van der Waals surface area contributed by atoms with Crippen molar-refractivity contribution in [2.24, 2.45) is 5.73 Å². The third-order valence-corrected chi connectivity index (χ3v) is 1.72. The molecule has 0 spiro atoms. The summed E-state index contributed by atoms with van der Waals surface area (Å²) in [6.45, 7) is -0.532. The van der Waals surface area contributed by atoms with Gasteiger partial charge in [0.25, 0.3) is 6.43 Å². The van der Waals surface area contributed by atoms with Crippen LogP contribution in [0.25, 0.3) is 0 Å². The van der Waals surface area contributed by atoms with E-state index in [0.29, 0.717) is 12.1 Å². The molecule has 0 saturated carbocycles. The van der Waals surface area contributed by atoms with Crippen molar-refractivity contribution in [2.75, 3.05) is 0 Å². The molecule has 0 saturated heterocycles. The molecule has 1 heterocycles. The van der Waals surface area contributed by atoms with Crippen LogP contribution in [0.2, 0.25) is 0 Å². The number of pyridine rings is 1. The maximum Gasteiger partial charge on any atom is 0.418 e. The van der Waals surface area contributed by atoms with Gasteiger partial charge in [-0.2, -0.15) is 13.2 Å². The zero-order chi connectivity index (χ0) is 11.6. The molecule has 1 aromatic rings. The van der Waals surface area contributed by atoms with Gasteiger partial charge in [0, 0.05) is 6.54 Å². The number of nitrogens with zero attached hydrogens (tertiary/aromatic N) is 1. The van der Waals surface area contributed by atoms with E-state index in [1.807, 2.05) is 0 Å². The minimum absolute atomic E-state index is 0.532. The molecule has 0 unspecified atom stereocenters. The summed E-state index contributed by atoms with van der Waals surface area (Å²) in [5, 5.41) is 0. The van der Waals surface area contributed by atoms with Gasteiger partial charge in [0.05, 0.1) is 11.3 Å². The average molecular weight is 226 g/mol. The van der Waals surface area contributed by atoms with Gasteiger partial charge in [-0.05, 0) is 12.1 Å². The molecule has 0 aromatic carbocycles. The van der Waals surface area contributed by atoms with Crippen LogP contribution in [0.1, 0.15) is 23.4 Å². The second-order valence-corrected chi connectivity index (χ2v) is 2.73. The molecule has 0 fully saturated rings. The SMILES string of the molecule is NCc1nc(C(F)F)ccc1C(F)(F)F. The topological polar surface area (TPSA) is 38.9 Å². The molecule has 0 amide bonds. The van der Waals surface area contributed by atoms with Crippen LogP contribution in [0.15, 0.2) is 12.1 Å². The van der Waals surface area contributed by atoms with Crippen molar-refractivity contribution < 1.29 is 22.0 Å². The molecule has 0 aliphatic carbocycles. The van der Waals surface area contributed by atoms with Crippen molar-refractivity contribution in [3.63, 3.8) is 0 Å². The normalized spacial score (nSPS) is 12.2. The standard InChI is InChI=1S/C8H7F5N2/c9-7(10)5-2-1-4(8(11,12)13)6(3-14)15-5/h1-2,7H,3,14H2. The van der Waals surface area contributed by atoms with Crippen molar-refractivity contribution in [2.45, 2.75) is 19.1 Å². The van der Waals surface area contributed by atoms with E-state index in [-0.39, 0.29) is 0 Å². The van der Waals surface area contributed by atoms with Crippen LogP contribution in [0.5, 0.6) is 0 Å². The Bertz CT molecular complexity index is 347. The van der Waals surface area contributed by atoms with E-state index in [0.717, 1.165) is 0 Å². The van der Waals surface area contributed by atoms with Crippen molar-refractivity contribution >= 4 is 0 Å². The van der Waals surface area contributed by atoms with E-state index < -0.39 is 36.1 Å². The first-order valence-corrected chi connectivity index (χ1v) is 3.91. The fourth-order valence-electron chi connectivity index (χ4n) is 1.05. The number of alkyl halides is 5. The molecule has 2 nitrogen and oxygen atoms in total. The molecule has 15 heavy (non-hydrogen) atoms. The van der Waals surface area contributed by atoms with Crippen LogP contribution in [0, 0.1) is 0 Å². The molecule has 1 aromatic heterocycles. The Morgan fingerprint density at radius 2 is 1.87 bits per heavy atom. The minimum atomic E-state index is -4.62. The summed E-state index contributed by atoms with van der Waals surface area (Å²) < 4.78 is 61.1. The van der Waals surface area contributed by atoms with E-state index in [2.05, 4.69) is 4.98 Å². The fourth-order valence-corrected chi connectivity index (χ4v) is 1.05. The van der Waals surface area contributed by atoms with Gasteiger partial charge in [0.15, 0.2) is 0 Å². The molecule has 0 radical (unpaired) electrons. The molecule has 0 aliphatic rings. The summed E-state index contributed by atoms with van der Waals surface area (Å²) in [4.78, 5) is 3.16. The summed E-state index contributed by atoms with van der Waals surface area (Å²) in [6, 6.07) is 1.21. The van der Waals surface area contributed by atoms with Gasteiger partial charge in [0.1, 0.15) is 5.69 Å². The van der Waals surface area contributed by atoms with E-state index in [9.17, 15) is 22.0 Å². The van der Waals surface area contributed by atoms with Gasteiger partial charge in [-0.15, -0.1) is 0 Å². The Morgan fingerprint density at radius 3 is 2.27 bits per heavy atom. The lowest BCUT2D eigenvalue weighted by molar-refractivity contribution is -0.138. The smallest absolute Gasteiger partial charge is 0.325 e. The minimum Gasteiger partial charge on any atom is -0.325 e. The Hall–Kier alpha value is -1.24. The molecule has 0 atom stereocenters. The van der Waals surface area contributed by atoms with Gasteiger partial charge < -0.3 is 5.73 Å². The summed E-state index contributed by atoms with van der Waals surface area (Å²) >= 11 is 0. The maximum atomic E-state index is 12.3. The van der Waals surface area contributed by atoms with Crippen LogP contribution in [-0.4, -0.2) is 4.98 Å². The monoisotopic (exact) mass is 226 g/mol. The molecule has 7 heteroatoms. The maximum absolute atomic E-state index is 12.3. The summed E-state index contributed by atoms with van der Waals surface area (Å²) in [5.74, 6) is 0. The largest absolute Gasteiger partial charge is 0.418 e. The van der Waals surface area contributed by atoms with Gasteiger partial charge in [-0.3, -0.25) is 0 Å². The Morgan fingerprint density at radius 1 is 1.27 bits per heavy atom. The third kappa shape index (κ3) is 2.62. The average Bonchev–Trinajstić information content (AvgIpc) is 2.15. The van der Waals surface area contributed by atoms with Crippen LogP contribution >= 0.6 is 0 Å². The number of aromatic nitrogens is 1. The Balaban J connectivity index is 3.21. The van der Waals surface area contributed by atoms with Crippen molar-refractivity contribution in [3.8, 4) is 0 Å². The summed E-state index contributed by atoms with van der Waals surface area (Å²) in [5.41, 5.74) is 2.66. The quantitative estimate of drug-likeness (QED) is 0.787. The van der Waals surface area contributed by atoms with Gasteiger partial charge in [0.2, 0.25) is 0 Å². The highest BCUT2D eigenvalue weighted by atomic mass is 19.4. The summed E-state index contributed by atoms with van der Waals surface area (Å²) in [6.07, 6.45) is -7.53. The first-order chi connectivity index (χ1) is 6.86. The second-order valence-electron chi connectivity index (χ2n) is 2.73. The molecule has 84 valence electrons. The van der Waals surface area contributed by atoms with E-state index in [1.54, 1.807) is 0 Å². The zero-order valence-corrected chi connectivity index (χ0v) is 7.35. The molecule has 2 N–H and O–H groups in total. The van der Waals surface area contributed by atoms with E-state index in [4.69, 9.17) is 5.73 Å². The van der Waals surface area contributed by atoms with Gasteiger partial charge >= 0.3 is 6.18 Å². The molecular formula is C8H7F5N2. The molecular weight excluding hydrogens is 219 g/mol. The van der Waals surface area contributed by atoms with Gasteiger partial charge in [-0.1, -0.05) is 0 Å². The second kappa shape index (κ2) is 4.09. The predicted octanol–water partition coefficient (Wildman–Crippen LogP) is 2.50. The number of halogens is 5. The number of rotatable bonds is 2. The third-order valence-electron chi connectivity index (χ3n) is 1.72. The lowest BCUT2D eigenvalue weighted by atomic mass is 10.1. The number of hydrogen-bond donors (Lipinski definition) is 1. The first-order valence-electron chi connectivity index (χ1n) is 3.91. The van der Waals surface area contributed by atoms with Crippen LogP contribution < -0.4 is 5.73 Å². The fraction of sp³-hybridized carbons (Fsp3) is 0.375. The van der Waals surface area contributed by atoms with Crippen LogP contribution in [0.4, 0.5) is 22.0 Å². The van der Waals surface area contributed by atoms with Crippen molar-refractivity contribution in [1.82, 2.24) is 4.98 Å². The van der Waals surface area contributed by atoms with Gasteiger partial charge in [-0.25, -0.2) is 13.8 Å². The Kier molecular flexibility index (Phi) is 3.23. The van der Waals surface area contributed by atoms with E-state index >= 15 is 0 Å².